The smallest absolute Gasteiger partial charge is 0.166 e. The molecule has 0 amide bonds. The molecule has 0 saturated heterocycles. The SMILES string of the molecule is CC(C)(C)Cc1ccc([S+](c2ccc(OC(C)(C)C)cc2)c2ccc(OC(C)(C)C)cc2)cc1. The molecule has 0 atom stereocenters. The van der Waals surface area contributed by atoms with Gasteiger partial charge in [0.25, 0.3) is 0 Å². The highest BCUT2D eigenvalue weighted by Crippen LogP contribution is 2.34. The summed E-state index contributed by atoms with van der Waals surface area (Å²) in [6, 6.07) is 26.3. The van der Waals surface area contributed by atoms with E-state index in [1.165, 1.54) is 20.2 Å². The molecule has 34 heavy (non-hydrogen) atoms. The van der Waals surface area contributed by atoms with Crippen molar-refractivity contribution < 1.29 is 9.47 Å². The van der Waals surface area contributed by atoms with Gasteiger partial charge in [-0.2, -0.15) is 0 Å². The number of hydrogen-bond donors (Lipinski definition) is 0. The number of rotatable bonds is 6. The molecule has 0 N–H and O–H groups in total. The maximum Gasteiger partial charge on any atom is 0.166 e. The molecule has 2 nitrogen and oxygen atoms in total. The Morgan fingerprint density at radius 2 is 0.824 bits per heavy atom. The van der Waals surface area contributed by atoms with Gasteiger partial charge in [0.2, 0.25) is 0 Å². The van der Waals surface area contributed by atoms with Crippen LogP contribution in [0.5, 0.6) is 11.5 Å². The minimum Gasteiger partial charge on any atom is -0.488 e. The molecule has 3 rings (SSSR count). The molecule has 0 aliphatic heterocycles. The van der Waals surface area contributed by atoms with E-state index >= 15 is 0 Å². The summed E-state index contributed by atoms with van der Waals surface area (Å²) in [7, 11) is -0.220. The molecule has 3 aromatic carbocycles. The van der Waals surface area contributed by atoms with E-state index in [0.29, 0.717) is 0 Å². The molecule has 0 aliphatic carbocycles. The zero-order valence-electron chi connectivity index (χ0n) is 22.4. The van der Waals surface area contributed by atoms with Gasteiger partial charge in [-0.25, -0.2) is 0 Å². The molecule has 182 valence electrons. The first-order valence-corrected chi connectivity index (χ1v) is 13.3. The molecule has 0 spiro atoms. The van der Waals surface area contributed by atoms with Crippen LogP contribution in [0, 0.1) is 5.41 Å². The Labute approximate surface area is 210 Å². The first-order valence-electron chi connectivity index (χ1n) is 12.1. The second-order valence-corrected chi connectivity index (χ2v) is 14.1. The van der Waals surface area contributed by atoms with Gasteiger partial charge in [-0.3, -0.25) is 0 Å². The van der Waals surface area contributed by atoms with E-state index in [4.69, 9.17) is 9.47 Å². The van der Waals surface area contributed by atoms with Crippen molar-refractivity contribution in [2.24, 2.45) is 5.41 Å². The van der Waals surface area contributed by atoms with Crippen LogP contribution in [0.2, 0.25) is 0 Å². The Morgan fingerprint density at radius 3 is 1.12 bits per heavy atom. The van der Waals surface area contributed by atoms with E-state index < -0.39 is 0 Å². The second-order valence-electron chi connectivity index (χ2n) is 12.1. The zero-order chi connectivity index (χ0) is 25.1. The van der Waals surface area contributed by atoms with Crippen molar-refractivity contribution in [3.05, 3.63) is 78.4 Å². The minimum atomic E-state index is -0.220. The van der Waals surface area contributed by atoms with Crippen LogP contribution in [-0.2, 0) is 17.3 Å². The van der Waals surface area contributed by atoms with Crippen LogP contribution >= 0.6 is 0 Å². The van der Waals surface area contributed by atoms with Crippen LogP contribution in [0.25, 0.3) is 0 Å². The van der Waals surface area contributed by atoms with Gasteiger partial charge in [0.15, 0.2) is 14.7 Å². The summed E-state index contributed by atoms with van der Waals surface area (Å²) in [5.74, 6) is 1.79. The van der Waals surface area contributed by atoms with Gasteiger partial charge in [-0.15, -0.1) is 0 Å². The van der Waals surface area contributed by atoms with Crippen LogP contribution in [0.4, 0.5) is 0 Å². The van der Waals surface area contributed by atoms with Crippen molar-refractivity contribution in [2.75, 3.05) is 0 Å². The van der Waals surface area contributed by atoms with Crippen molar-refractivity contribution >= 4 is 10.9 Å². The summed E-state index contributed by atoms with van der Waals surface area (Å²) in [6.45, 7) is 19.3. The van der Waals surface area contributed by atoms with Gasteiger partial charge in [0, 0.05) is 0 Å². The molecule has 0 radical (unpaired) electrons. The molecule has 3 heteroatoms. The Bertz CT molecular complexity index is 904. The Kier molecular flexibility index (Phi) is 7.77. The van der Waals surface area contributed by atoms with E-state index in [9.17, 15) is 0 Å². The Balaban J connectivity index is 1.97. The van der Waals surface area contributed by atoms with Gasteiger partial charge in [-0.1, -0.05) is 32.9 Å². The van der Waals surface area contributed by atoms with Crippen LogP contribution in [-0.4, -0.2) is 11.2 Å². The van der Waals surface area contributed by atoms with E-state index in [0.717, 1.165) is 17.9 Å². The normalized spacial score (nSPS) is 12.6. The monoisotopic (exact) mass is 477 g/mol. The van der Waals surface area contributed by atoms with Crippen LogP contribution in [0.1, 0.15) is 67.9 Å². The predicted octanol–water partition coefficient (Wildman–Crippen LogP) is 8.73. The topological polar surface area (TPSA) is 18.5 Å². The largest absolute Gasteiger partial charge is 0.488 e. The summed E-state index contributed by atoms with van der Waals surface area (Å²) in [5, 5.41) is 0. The maximum atomic E-state index is 6.06. The van der Waals surface area contributed by atoms with Crippen LogP contribution < -0.4 is 9.47 Å². The van der Waals surface area contributed by atoms with E-state index in [1.807, 2.05) is 0 Å². The molecule has 0 bridgehead atoms. The molecule has 0 heterocycles. The van der Waals surface area contributed by atoms with Crippen molar-refractivity contribution in [3.8, 4) is 11.5 Å². The first kappa shape index (κ1) is 26.2. The molecule has 3 aromatic rings. The minimum absolute atomic E-state index is 0.213. The fraction of sp³-hybridized carbons (Fsp3) is 0.419. The summed E-state index contributed by atoms with van der Waals surface area (Å²) in [6.07, 6.45) is 1.07. The fourth-order valence-corrected chi connectivity index (χ4v) is 5.80. The number of ether oxygens (including phenoxy) is 2. The van der Waals surface area contributed by atoms with Gasteiger partial charge in [0.05, 0.1) is 10.9 Å². The molecule has 0 unspecified atom stereocenters. The fourth-order valence-electron chi connectivity index (χ4n) is 3.76. The maximum absolute atomic E-state index is 6.06. The van der Waals surface area contributed by atoms with Gasteiger partial charge in [0.1, 0.15) is 22.7 Å². The molecular formula is C31H41O2S+. The van der Waals surface area contributed by atoms with Gasteiger partial charge in [-0.05, 0) is 120 Å². The van der Waals surface area contributed by atoms with Crippen LogP contribution in [0.15, 0.2) is 87.5 Å². The van der Waals surface area contributed by atoms with Crippen molar-refractivity contribution in [1.29, 1.82) is 0 Å². The Hall–Kier alpha value is -2.39. The third-order valence-electron chi connectivity index (χ3n) is 4.86. The highest BCUT2D eigenvalue weighted by Gasteiger charge is 2.29. The molecule has 0 fully saturated rings. The van der Waals surface area contributed by atoms with Crippen molar-refractivity contribution in [3.63, 3.8) is 0 Å². The predicted molar refractivity (Wildman–Crippen MR) is 145 cm³/mol. The van der Waals surface area contributed by atoms with E-state index in [2.05, 4.69) is 135 Å². The lowest BCUT2D eigenvalue weighted by atomic mass is 9.88. The summed E-state index contributed by atoms with van der Waals surface area (Å²) in [5.41, 5.74) is 1.22. The summed E-state index contributed by atoms with van der Waals surface area (Å²) < 4.78 is 12.1. The summed E-state index contributed by atoms with van der Waals surface area (Å²) in [4.78, 5) is 3.86. The second kappa shape index (κ2) is 10.1. The lowest BCUT2D eigenvalue weighted by molar-refractivity contribution is 0.130. The van der Waals surface area contributed by atoms with Crippen LogP contribution in [0.3, 0.4) is 0 Å². The van der Waals surface area contributed by atoms with Gasteiger partial charge >= 0.3 is 0 Å². The standard InChI is InChI=1S/C31H41O2S/c1-29(2,3)22-23-10-16-26(17-11-23)34(27-18-12-24(13-19-27)32-30(4,5)6)28-20-14-25(15-21-28)33-31(7,8)9/h10-21H,22H2,1-9H3/q+1. The summed E-state index contributed by atoms with van der Waals surface area (Å²) >= 11 is 0. The van der Waals surface area contributed by atoms with Crippen molar-refractivity contribution in [1.82, 2.24) is 0 Å². The molecule has 0 saturated carbocycles. The first-order chi connectivity index (χ1) is 15.7. The third kappa shape index (κ3) is 8.13. The number of hydrogen-bond acceptors (Lipinski definition) is 2. The third-order valence-corrected chi connectivity index (χ3v) is 7.09. The van der Waals surface area contributed by atoms with E-state index in [1.54, 1.807) is 0 Å². The molecule has 0 aliphatic rings. The highest BCUT2D eigenvalue weighted by atomic mass is 32.2. The average Bonchev–Trinajstić information content (AvgIpc) is 2.69. The number of benzene rings is 3. The lowest BCUT2D eigenvalue weighted by Gasteiger charge is -2.21. The van der Waals surface area contributed by atoms with E-state index in [-0.39, 0.29) is 27.5 Å². The average molecular weight is 478 g/mol. The lowest BCUT2D eigenvalue weighted by Crippen LogP contribution is -2.23. The van der Waals surface area contributed by atoms with Gasteiger partial charge < -0.3 is 9.47 Å². The van der Waals surface area contributed by atoms with Crippen molar-refractivity contribution in [2.45, 2.75) is 94.6 Å². The Morgan fingerprint density at radius 1 is 0.500 bits per heavy atom. The zero-order valence-corrected chi connectivity index (χ0v) is 23.2. The highest BCUT2D eigenvalue weighted by molar-refractivity contribution is 7.97. The molecular weight excluding hydrogens is 436 g/mol. The molecule has 0 aromatic heterocycles. The quantitative estimate of drug-likeness (QED) is 0.330.